The zero-order valence-electron chi connectivity index (χ0n) is 10.1. The number of pyridine rings is 1. The van der Waals surface area contributed by atoms with Crippen molar-refractivity contribution in [3.05, 3.63) is 60.4 Å². The predicted molar refractivity (Wildman–Crippen MR) is 72.6 cm³/mol. The second-order valence-electron chi connectivity index (χ2n) is 4.99. The van der Waals surface area contributed by atoms with Crippen LogP contribution in [0.25, 0.3) is 16.9 Å². The number of nitrogens with zero attached hydrogens (tertiary/aromatic N) is 2. The van der Waals surface area contributed by atoms with E-state index in [9.17, 15) is 0 Å². The van der Waals surface area contributed by atoms with Crippen molar-refractivity contribution in [3.8, 4) is 11.3 Å². The third kappa shape index (κ3) is 1.61. The fraction of sp³-hybridized carbons (Fsp3) is 0.188. The maximum atomic E-state index is 4.64. The largest absolute Gasteiger partial charge is 0.306 e. The fourth-order valence-corrected chi connectivity index (χ4v) is 2.42. The second-order valence-corrected chi connectivity index (χ2v) is 4.99. The van der Waals surface area contributed by atoms with E-state index in [-0.39, 0.29) is 0 Å². The third-order valence-electron chi connectivity index (χ3n) is 3.62. The summed E-state index contributed by atoms with van der Waals surface area (Å²) in [6.07, 6.45) is 6.83. The Morgan fingerprint density at radius 1 is 1.00 bits per heavy atom. The van der Waals surface area contributed by atoms with Crippen LogP contribution in [0.3, 0.4) is 0 Å². The molecule has 0 N–H and O–H groups in total. The van der Waals surface area contributed by atoms with Gasteiger partial charge in [0.25, 0.3) is 0 Å². The summed E-state index contributed by atoms with van der Waals surface area (Å²) in [6, 6.07) is 14.9. The molecule has 1 aliphatic carbocycles. The molecule has 2 nitrogen and oxygen atoms in total. The molecular formula is C16H14N2. The van der Waals surface area contributed by atoms with E-state index in [0.29, 0.717) is 0 Å². The minimum absolute atomic E-state index is 0.820. The molecule has 88 valence electrons. The Hall–Kier alpha value is -2.09. The van der Waals surface area contributed by atoms with E-state index in [2.05, 4.69) is 39.8 Å². The van der Waals surface area contributed by atoms with Crippen molar-refractivity contribution < 1.29 is 0 Å². The van der Waals surface area contributed by atoms with E-state index in [1.165, 1.54) is 24.0 Å². The van der Waals surface area contributed by atoms with Gasteiger partial charge in [0.05, 0.1) is 5.69 Å². The minimum Gasteiger partial charge on any atom is -0.306 e. The van der Waals surface area contributed by atoms with Gasteiger partial charge in [-0.05, 0) is 36.5 Å². The maximum absolute atomic E-state index is 4.64. The molecule has 1 saturated carbocycles. The molecule has 0 radical (unpaired) electrons. The van der Waals surface area contributed by atoms with E-state index >= 15 is 0 Å². The molecule has 2 heteroatoms. The van der Waals surface area contributed by atoms with Crippen LogP contribution >= 0.6 is 0 Å². The van der Waals surface area contributed by atoms with Gasteiger partial charge in [0.15, 0.2) is 0 Å². The average Bonchev–Trinajstić information content (AvgIpc) is 3.18. The Morgan fingerprint density at radius 2 is 1.83 bits per heavy atom. The number of hydrogen-bond acceptors (Lipinski definition) is 1. The smallest absolute Gasteiger partial charge is 0.137 e. The van der Waals surface area contributed by atoms with Gasteiger partial charge in [-0.2, -0.15) is 0 Å². The molecule has 0 amide bonds. The van der Waals surface area contributed by atoms with Crippen LogP contribution in [-0.2, 0) is 0 Å². The van der Waals surface area contributed by atoms with Crippen LogP contribution in [0.4, 0.5) is 0 Å². The van der Waals surface area contributed by atoms with Crippen molar-refractivity contribution in [2.24, 2.45) is 0 Å². The number of imidazole rings is 1. The number of benzene rings is 1. The Kier molecular flexibility index (Phi) is 2.04. The van der Waals surface area contributed by atoms with E-state index in [1.54, 1.807) is 0 Å². The van der Waals surface area contributed by atoms with Gasteiger partial charge in [-0.15, -0.1) is 0 Å². The normalized spacial score (nSPS) is 15.1. The molecule has 1 aromatic carbocycles. The lowest BCUT2D eigenvalue weighted by Gasteiger charge is -1.99. The van der Waals surface area contributed by atoms with E-state index in [0.717, 1.165) is 17.3 Å². The van der Waals surface area contributed by atoms with Crippen LogP contribution in [0.2, 0.25) is 0 Å². The molecule has 4 rings (SSSR count). The van der Waals surface area contributed by atoms with Crippen molar-refractivity contribution in [1.82, 2.24) is 9.38 Å². The van der Waals surface area contributed by atoms with Gasteiger partial charge >= 0.3 is 0 Å². The summed E-state index contributed by atoms with van der Waals surface area (Å²) < 4.78 is 2.06. The molecule has 0 bridgehead atoms. The second kappa shape index (κ2) is 3.70. The first-order valence-electron chi connectivity index (χ1n) is 6.44. The monoisotopic (exact) mass is 234 g/mol. The summed E-state index contributed by atoms with van der Waals surface area (Å²) >= 11 is 0. The molecule has 1 aliphatic rings. The summed E-state index contributed by atoms with van der Waals surface area (Å²) in [5.41, 5.74) is 4.72. The van der Waals surface area contributed by atoms with Gasteiger partial charge in [-0.25, -0.2) is 4.98 Å². The predicted octanol–water partition coefficient (Wildman–Crippen LogP) is 3.88. The van der Waals surface area contributed by atoms with Crippen molar-refractivity contribution in [2.75, 3.05) is 0 Å². The van der Waals surface area contributed by atoms with Crippen LogP contribution in [-0.4, -0.2) is 9.38 Å². The van der Waals surface area contributed by atoms with Gasteiger partial charge in [0.2, 0.25) is 0 Å². The summed E-state index contributed by atoms with van der Waals surface area (Å²) in [6.45, 7) is 0. The molecule has 0 unspecified atom stereocenters. The quantitative estimate of drug-likeness (QED) is 0.657. The zero-order chi connectivity index (χ0) is 11.9. The molecule has 18 heavy (non-hydrogen) atoms. The van der Waals surface area contributed by atoms with Crippen LogP contribution < -0.4 is 0 Å². The highest BCUT2D eigenvalue weighted by Gasteiger charge is 2.23. The lowest BCUT2D eigenvalue weighted by molar-refractivity contribution is 1.13. The lowest BCUT2D eigenvalue weighted by Crippen LogP contribution is -1.81. The summed E-state index contributed by atoms with van der Waals surface area (Å²) in [4.78, 5) is 4.64. The number of fused-ring (bicyclic) bond motifs is 1. The van der Waals surface area contributed by atoms with E-state index in [1.807, 2.05) is 24.4 Å². The minimum atomic E-state index is 0.820. The maximum Gasteiger partial charge on any atom is 0.137 e. The Labute approximate surface area is 106 Å². The fourth-order valence-electron chi connectivity index (χ4n) is 2.42. The van der Waals surface area contributed by atoms with Crippen LogP contribution in [0.5, 0.6) is 0 Å². The van der Waals surface area contributed by atoms with Crippen LogP contribution in [0.1, 0.15) is 24.3 Å². The highest BCUT2D eigenvalue weighted by Crippen LogP contribution is 2.40. The lowest BCUT2D eigenvalue weighted by atomic mass is 10.1. The molecule has 0 atom stereocenters. The Balaban J connectivity index is 1.76. The molecule has 1 fully saturated rings. The van der Waals surface area contributed by atoms with Crippen molar-refractivity contribution in [3.63, 3.8) is 0 Å². The van der Waals surface area contributed by atoms with Crippen molar-refractivity contribution in [1.29, 1.82) is 0 Å². The Morgan fingerprint density at radius 3 is 2.56 bits per heavy atom. The molecule has 0 aliphatic heterocycles. The van der Waals surface area contributed by atoms with Gasteiger partial charge in [0, 0.05) is 18.0 Å². The number of rotatable bonds is 2. The first kappa shape index (κ1) is 9.89. The molecule has 2 heterocycles. The SMILES string of the molecule is c1ccn2cc(-c3ccc(C4CC4)cc3)nc2c1. The van der Waals surface area contributed by atoms with Gasteiger partial charge < -0.3 is 4.40 Å². The first-order chi connectivity index (χ1) is 8.90. The first-order valence-corrected chi connectivity index (χ1v) is 6.44. The molecule has 0 spiro atoms. The van der Waals surface area contributed by atoms with Crippen LogP contribution in [0.15, 0.2) is 54.9 Å². The molecule has 2 aromatic heterocycles. The summed E-state index contributed by atoms with van der Waals surface area (Å²) in [5.74, 6) is 0.820. The van der Waals surface area contributed by atoms with Crippen molar-refractivity contribution >= 4 is 5.65 Å². The highest BCUT2D eigenvalue weighted by molar-refractivity contribution is 5.63. The zero-order valence-corrected chi connectivity index (χ0v) is 10.1. The molecular weight excluding hydrogens is 220 g/mol. The van der Waals surface area contributed by atoms with E-state index in [4.69, 9.17) is 0 Å². The molecule has 0 saturated heterocycles. The van der Waals surface area contributed by atoms with E-state index < -0.39 is 0 Å². The third-order valence-corrected chi connectivity index (χ3v) is 3.62. The summed E-state index contributed by atoms with van der Waals surface area (Å²) in [5, 5.41) is 0. The highest BCUT2D eigenvalue weighted by atomic mass is 15.0. The molecule has 3 aromatic rings. The number of aromatic nitrogens is 2. The van der Waals surface area contributed by atoms with Crippen LogP contribution in [0, 0.1) is 0 Å². The van der Waals surface area contributed by atoms with Gasteiger partial charge in [0.1, 0.15) is 5.65 Å². The van der Waals surface area contributed by atoms with Crippen molar-refractivity contribution in [2.45, 2.75) is 18.8 Å². The Bertz CT molecular complexity index is 657. The van der Waals surface area contributed by atoms with Gasteiger partial charge in [-0.1, -0.05) is 30.3 Å². The average molecular weight is 234 g/mol. The summed E-state index contributed by atoms with van der Waals surface area (Å²) in [7, 11) is 0. The van der Waals surface area contributed by atoms with Gasteiger partial charge in [-0.3, -0.25) is 0 Å². The number of hydrogen-bond donors (Lipinski definition) is 0. The standard InChI is InChI=1S/C16H14N2/c1-2-10-18-11-15(17-16(18)3-1)14-8-6-13(7-9-14)12-4-5-12/h1-3,6-12H,4-5H2. The topological polar surface area (TPSA) is 17.3 Å².